The lowest BCUT2D eigenvalue weighted by atomic mass is 9.97. The van der Waals surface area contributed by atoms with Gasteiger partial charge in [0.2, 0.25) is 0 Å². The summed E-state index contributed by atoms with van der Waals surface area (Å²) in [5, 5.41) is 11.9. The highest BCUT2D eigenvalue weighted by Crippen LogP contribution is 2.21. The van der Waals surface area contributed by atoms with Gasteiger partial charge >= 0.3 is 5.97 Å². The molecule has 8 heteroatoms. The summed E-state index contributed by atoms with van der Waals surface area (Å²) in [6.07, 6.45) is 2.39. The number of nitrogens with one attached hydrogen (secondary N) is 1. The van der Waals surface area contributed by atoms with E-state index in [-0.39, 0.29) is 22.3 Å². The second kappa shape index (κ2) is 8.75. The SMILES string of the molecule is CS(=O)(=O)c1cccc(C(=O)Nc2cccc(CN3CCC(C(=O)O)CC3)c2)c1. The standard InChI is InChI=1S/C21H24N2O5S/c1-29(27,28)19-7-3-5-17(13-19)20(24)22-18-6-2-4-15(12-18)14-23-10-8-16(9-11-23)21(25)26/h2-7,12-13,16H,8-11,14H2,1H3,(H,22,24)(H,25,26). The van der Waals surface area contributed by atoms with Crippen molar-refractivity contribution >= 4 is 27.4 Å². The van der Waals surface area contributed by atoms with Crippen molar-refractivity contribution in [3.8, 4) is 0 Å². The Kier molecular flexibility index (Phi) is 6.34. The second-order valence-electron chi connectivity index (χ2n) is 7.34. The highest BCUT2D eigenvalue weighted by molar-refractivity contribution is 7.90. The summed E-state index contributed by atoms with van der Waals surface area (Å²) in [6, 6.07) is 13.4. The van der Waals surface area contributed by atoms with Crippen LogP contribution in [-0.4, -0.2) is 49.6 Å². The fourth-order valence-electron chi connectivity index (χ4n) is 3.41. The molecule has 0 radical (unpaired) electrons. The van der Waals surface area contributed by atoms with Crippen LogP contribution < -0.4 is 5.32 Å². The molecule has 1 heterocycles. The van der Waals surface area contributed by atoms with E-state index < -0.39 is 15.8 Å². The van der Waals surface area contributed by atoms with E-state index in [9.17, 15) is 18.0 Å². The van der Waals surface area contributed by atoms with Gasteiger partial charge in [0.25, 0.3) is 5.91 Å². The molecule has 0 aliphatic carbocycles. The largest absolute Gasteiger partial charge is 0.481 e. The summed E-state index contributed by atoms with van der Waals surface area (Å²) in [5.41, 5.74) is 1.91. The van der Waals surface area contributed by atoms with Gasteiger partial charge in [0.1, 0.15) is 0 Å². The molecular weight excluding hydrogens is 392 g/mol. The van der Waals surface area contributed by atoms with Crippen molar-refractivity contribution in [3.05, 3.63) is 59.7 Å². The Morgan fingerprint density at radius 1 is 1.10 bits per heavy atom. The molecule has 2 N–H and O–H groups in total. The number of likely N-dealkylation sites (tertiary alicyclic amines) is 1. The Balaban J connectivity index is 1.64. The molecule has 3 rings (SSSR count). The van der Waals surface area contributed by atoms with Gasteiger partial charge < -0.3 is 10.4 Å². The summed E-state index contributed by atoms with van der Waals surface area (Å²) in [5.74, 6) is -1.37. The van der Waals surface area contributed by atoms with Crippen LogP contribution in [-0.2, 0) is 21.2 Å². The smallest absolute Gasteiger partial charge is 0.306 e. The van der Waals surface area contributed by atoms with Crippen LogP contribution in [0.2, 0.25) is 0 Å². The van der Waals surface area contributed by atoms with Gasteiger partial charge in [-0.2, -0.15) is 0 Å². The van der Waals surface area contributed by atoms with E-state index >= 15 is 0 Å². The van der Waals surface area contributed by atoms with Gasteiger partial charge in [-0.05, 0) is 61.8 Å². The van der Waals surface area contributed by atoms with Crippen LogP contribution in [0.3, 0.4) is 0 Å². The number of anilines is 1. The number of nitrogens with zero attached hydrogens (tertiary/aromatic N) is 1. The maximum Gasteiger partial charge on any atom is 0.306 e. The van der Waals surface area contributed by atoms with Crippen LogP contribution in [0.15, 0.2) is 53.4 Å². The van der Waals surface area contributed by atoms with Crippen molar-refractivity contribution in [2.75, 3.05) is 24.7 Å². The minimum Gasteiger partial charge on any atom is -0.481 e. The van der Waals surface area contributed by atoms with Gasteiger partial charge in [-0.25, -0.2) is 8.42 Å². The predicted octanol–water partition coefficient (Wildman–Crippen LogP) is 2.64. The molecule has 0 unspecified atom stereocenters. The number of benzene rings is 2. The zero-order valence-electron chi connectivity index (χ0n) is 16.2. The number of carbonyl (C=O) groups is 2. The Morgan fingerprint density at radius 3 is 2.45 bits per heavy atom. The number of sulfone groups is 1. The van der Waals surface area contributed by atoms with Crippen LogP contribution in [0.25, 0.3) is 0 Å². The molecule has 1 fully saturated rings. The molecule has 29 heavy (non-hydrogen) atoms. The van der Waals surface area contributed by atoms with E-state index in [1.165, 1.54) is 12.1 Å². The number of rotatable bonds is 6. The van der Waals surface area contributed by atoms with Gasteiger partial charge in [0.05, 0.1) is 10.8 Å². The minimum absolute atomic E-state index is 0.101. The van der Waals surface area contributed by atoms with Crippen molar-refractivity contribution in [3.63, 3.8) is 0 Å². The summed E-state index contributed by atoms with van der Waals surface area (Å²) >= 11 is 0. The average molecular weight is 416 g/mol. The van der Waals surface area contributed by atoms with Crippen molar-refractivity contribution in [2.45, 2.75) is 24.3 Å². The Labute approximate surface area is 170 Å². The highest BCUT2D eigenvalue weighted by Gasteiger charge is 2.24. The lowest BCUT2D eigenvalue weighted by molar-refractivity contribution is -0.143. The molecule has 7 nitrogen and oxygen atoms in total. The third-order valence-corrected chi connectivity index (χ3v) is 6.16. The number of carboxylic acids is 1. The molecule has 2 aromatic carbocycles. The lowest BCUT2D eigenvalue weighted by Gasteiger charge is -2.30. The first kappa shape index (κ1) is 21.0. The molecule has 1 aliphatic heterocycles. The fourth-order valence-corrected chi connectivity index (χ4v) is 4.08. The number of aliphatic carboxylic acids is 1. The average Bonchev–Trinajstić information content (AvgIpc) is 2.68. The van der Waals surface area contributed by atoms with Crippen molar-refractivity contribution in [1.29, 1.82) is 0 Å². The number of carboxylic acid groups (broad SMARTS) is 1. The first-order valence-corrected chi connectivity index (χ1v) is 11.3. The zero-order chi connectivity index (χ0) is 21.0. The van der Waals surface area contributed by atoms with Gasteiger partial charge in [-0.1, -0.05) is 18.2 Å². The van der Waals surface area contributed by atoms with E-state index in [1.54, 1.807) is 18.2 Å². The maximum atomic E-state index is 12.5. The molecular formula is C21H24N2O5S. The summed E-state index contributed by atoms with van der Waals surface area (Å²) in [6.45, 7) is 2.14. The molecule has 154 valence electrons. The van der Waals surface area contributed by atoms with E-state index in [1.807, 2.05) is 18.2 Å². The molecule has 1 saturated heterocycles. The number of hydrogen-bond donors (Lipinski definition) is 2. The normalized spacial score (nSPS) is 15.8. The molecule has 0 aromatic heterocycles. The van der Waals surface area contributed by atoms with Gasteiger partial charge in [0.15, 0.2) is 9.84 Å². The first-order chi connectivity index (χ1) is 13.7. The number of amides is 1. The summed E-state index contributed by atoms with van der Waals surface area (Å²) in [7, 11) is -3.39. The fraction of sp³-hybridized carbons (Fsp3) is 0.333. The predicted molar refractivity (Wildman–Crippen MR) is 110 cm³/mol. The molecule has 2 aromatic rings. The Hall–Kier alpha value is -2.71. The minimum atomic E-state index is -3.39. The number of hydrogen-bond acceptors (Lipinski definition) is 5. The van der Waals surface area contributed by atoms with Gasteiger partial charge in [-0.15, -0.1) is 0 Å². The first-order valence-electron chi connectivity index (χ1n) is 9.38. The molecule has 1 aliphatic rings. The molecule has 0 saturated carbocycles. The summed E-state index contributed by atoms with van der Waals surface area (Å²) < 4.78 is 23.4. The Morgan fingerprint density at radius 2 is 1.79 bits per heavy atom. The van der Waals surface area contributed by atoms with Gasteiger partial charge in [0, 0.05) is 24.1 Å². The zero-order valence-corrected chi connectivity index (χ0v) is 17.0. The van der Waals surface area contributed by atoms with Crippen LogP contribution in [0.1, 0.15) is 28.8 Å². The second-order valence-corrected chi connectivity index (χ2v) is 9.36. The molecule has 0 atom stereocenters. The number of piperidine rings is 1. The van der Waals surface area contributed by atoms with E-state index in [2.05, 4.69) is 10.2 Å². The molecule has 0 bridgehead atoms. The van der Waals surface area contributed by atoms with E-state index in [4.69, 9.17) is 5.11 Å². The van der Waals surface area contributed by atoms with Crippen molar-refractivity contribution in [1.82, 2.24) is 4.90 Å². The maximum absolute atomic E-state index is 12.5. The monoisotopic (exact) mass is 416 g/mol. The lowest BCUT2D eigenvalue weighted by Crippen LogP contribution is -2.35. The van der Waals surface area contributed by atoms with Crippen molar-refractivity contribution < 1.29 is 23.1 Å². The molecule has 0 spiro atoms. The topological polar surface area (TPSA) is 104 Å². The third-order valence-electron chi connectivity index (χ3n) is 5.05. The molecule has 1 amide bonds. The quantitative estimate of drug-likeness (QED) is 0.750. The van der Waals surface area contributed by atoms with Crippen LogP contribution in [0.5, 0.6) is 0 Å². The Bertz CT molecular complexity index is 1010. The van der Waals surface area contributed by atoms with Gasteiger partial charge in [-0.3, -0.25) is 14.5 Å². The number of carbonyl (C=O) groups excluding carboxylic acids is 1. The van der Waals surface area contributed by atoms with Crippen LogP contribution in [0.4, 0.5) is 5.69 Å². The van der Waals surface area contributed by atoms with Crippen molar-refractivity contribution in [2.24, 2.45) is 5.92 Å². The van der Waals surface area contributed by atoms with Crippen LogP contribution >= 0.6 is 0 Å². The van der Waals surface area contributed by atoms with E-state index in [0.717, 1.165) is 24.9 Å². The third kappa shape index (κ3) is 5.65. The highest BCUT2D eigenvalue weighted by atomic mass is 32.2. The summed E-state index contributed by atoms with van der Waals surface area (Å²) in [4.78, 5) is 25.9. The van der Waals surface area contributed by atoms with E-state index in [0.29, 0.717) is 25.1 Å². The van der Waals surface area contributed by atoms with Crippen LogP contribution in [0, 0.1) is 5.92 Å².